The maximum absolute atomic E-state index is 12.3. The van der Waals surface area contributed by atoms with Gasteiger partial charge < -0.3 is 20.3 Å². The number of amides is 1. The number of thiazole rings is 1. The third-order valence-corrected chi connectivity index (χ3v) is 4.99. The lowest BCUT2D eigenvalue weighted by Crippen LogP contribution is -2.25. The molecule has 0 unspecified atom stereocenters. The van der Waals surface area contributed by atoms with Gasteiger partial charge in [-0.15, -0.1) is 11.3 Å². The summed E-state index contributed by atoms with van der Waals surface area (Å²) >= 11 is 1.55. The largest absolute Gasteiger partial charge is 0.497 e. The first-order valence-electron chi connectivity index (χ1n) is 8.08. The molecule has 0 radical (unpaired) electrons. The van der Waals surface area contributed by atoms with Crippen LogP contribution in [-0.2, 0) is 17.8 Å². The number of likely N-dealkylation sites (N-methyl/N-ethyl adjacent to an activating group) is 1. The van der Waals surface area contributed by atoms with Crippen LogP contribution >= 0.6 is 11.3 Å². The van der Waals surface area contributed by atoms with Gasteiger partial charge in [0.1, 0.15) is 17.4 Å². The number of carbonyl (C=O) groups excluding carboxylic acids is 1. The molecule has 0 bridgehead atoms. The van der Waals surface area contributed by atoms with Crippen LogP contribution in [0.5, 0.6) is 5.75 Å². The van der Waals surface area contributed by atoms with Gasteiger partial charge in [0.25, 0.3) is 5.91 Å². The number of rotatable bonds is 5. The molecule has 2 N–H and O–H groups in total. The van der Waals surface area contributed by atoms with Crippen molar-refractivity contribution in [2.45, 2.75) is 13.0 Å². The van der Waals surface area contributed by atoms with Crippen molar-refractivity contribution >= 4 is 28.1 Å². The van der Waals surface area contributed by atoms with E-state index in [1.165, 1.54) is 11.1 Å². The van der Waals surface area contributed by atoms with Gasteiger partial charge in [-0.25, -0.2) is 4.98 Å². The summed E-state index contributed by atoms with van der Waals surface area (Å²) in [7, 11) is 3.65. The number of aromatic nitrogens is 1. The van der Waals surface area contributed by atoms with E-state index in [1.807, 2.05) is 6.07 Å². The second-order valence-electron chi connectivity index (χ2n) is 5.87. The Morgan fingerprint density at radius 3 is 2.88 bits per heavy atom. The highest BCUT2D eigenvalue weighted by atomic mass is 32.1. The van der Waals surface area contributed by atoms with Crippen LogP contribution in [0.15, 0.2) is 36.0 Å². The predicted molar refractivity (Wildman–Crippen MR) is 101 cm³/mol. The second-order valence-corrected chi connectivity index (χ2v) is 6.96. The van der Waals surface area contributed by atoms with Gasteiger partial charge in [-0.05, 0) is 31.3 Å². The third-order valence-electron chi connectivity index (χ3n) is 3.98. The highest BCUT2D eigenvalue weighted by Crippen LogP contribution is 2.27. The molecule has 1 aliphatic rings. The first-order valence-corrected chi connectivity index (χ1v) is 8.90. The summed E-state index contributed by atoms with van der Waals surface area (Å²) in [5.41, 5.74) is 1.65. The van der Waals surface area contributed by atoms with Crippen LogP contribution in [0.1, 0.15) is 10.6 Å². The molecule has 2 heterocycles. The van der Waals surface area contributed by atoms with Crippen LogP contribution in [0, 0.1) is 11.3 Å². The summed E-state index contributed by atoms with van der Waals surface area (Å²) < 4.78 is 5.08. The minimum Gasteiger partial charge on any atom is -0.497 e. The lowest BCUT2D eigenvalue weighted by Gasteiger charge is -2.20. The number of nitrogens with zero attached hydrogens (tertiary/aromatic N) is 3. The average molecular weight is 369 g/mol. The van der Waals surface area contributed by atoms with Crippen molar-refractivity contribution < 1.29 is 9.53 Å². The molecule has 26 heavy (non-hydrogen) atoms. The average Bonchev–Trinajstić information content (AvgIpc) is 3.04. The van der Waals surface area contributed by atoms with Crippen LogP contribution in [-0.4, -0.2) is 36.5 Å². The standard InChI is InChI=1S/C18H19N5O2S/c1-23-8-7-15-16(11-23)26-18(22-15)20-10-12(9-19)17(24)21-13-3-5-14(25-2)6-4-13/h3-6,10H,7-8,11H2,1-2H3,(H,20,22)(H,21,24)/b12-10-. The van der Waals surface area contributed by atoms with Crippen molar-refractivity contribution in [2.24, 2.45) is 0 Å². The number of carbonyl (C=O) groups is 1. The molecule has 7 nitrogen and oxygen atoms in total. The molecule has 134 valence electrons. The van der Waals surface area contributed by atoms with Gasteiger partial charge in [-0.1, -0.05) is 0 Å². The van der Waals surface area contributed by atoms with Crippen molar-refractivity contribution in [3.05, 3.63) is 46.6 Å². The molecule has 0 aliphatic carbocycles. The number of hydrogen-bond donors (Lipinski definition) is 2. The van der Waals surface area contributed by atoms with E-state index in [0.29, 0.717) is 16.6 Å². The zero-order valence-electron chi connectivity index (χ0n) is 14.6. The number of nitriles is 1. The molecule has 0 spiro atoms. The van der Waals surface area contributed by atoms with Crippen LogP contribution in [0.3, 0.4) is 0 Å². The van der Waals surface area contributed by atoms with Crippen LogP contribution < -0.4 is 15.4 Å². The van der Waals surface area contributed by atoms with Crippen LogP contribution in [0.25, 0.3) is 0 Å². The summed E-state index contributed by atoms with van der Waals surface area (Å²) in [5, 5.41) is 15.6. The Balaban J connectivity index is 1.66. The maximum Gasteiger partial charge on any atom is 0.267 e. The van der Waals surface area contributed by atoms with Gasteiger partial charge in [0.2, 0.25) is 0 Å². The molecule has 0 atom stereocenters. The molecule has 0 fully saturated rings. The minimum absolute atomic E-state index is 0.0221. The summed E-state index contributed by atoms with van der Waals surface area (Å²) in [6, 6.07) is 8.81. The van der Waals surface area contributed by atoms with E-state index in [-0.39, 0.29) is 5.57 Å². The Labute approximate surface area is 155 Å². The predicted octanol–water partition coefficient (Wildman–Crippen LogP) is 2.60. The minimum atomic E-state index is -0.480. The Morgan fingerprint density at radius 1 is 1.42 bits per heavy atom. The topological polar surface area (TPSA) is 90.3 Å². The fraction of sp³-hybridized carbons (Fsp3) is 0.278. The van der Waals surface area contributed by atoms with E-state index in [1.54, 1.807) is 42.7 Å². The quantitative estimate of drug-likeness (QED) is 0.622. The normalized spacial score (nSPS) is 14.3. The molecular weight excluding hydrogens is 350 g/mol. The first-order chi connectivity index (χ1) is 12.6. The van der Waals surface area contributed by atoms with Gasteiger partial charge >= 0.3 is 0 Å². The fourth-order valence-electron chi connectivity index (χ4n) is 2.54. The van der Waals surface area contributed by atoms with Crippen molar-refractivity contribution in [3.8, 4) is 11.8 Å². The van der Waals surface area contributed by atoms with Crippen molar-refractivity contribution in [1.82, 2.24) is 9.88 Å². The maximum atomic E-state index is 12.3. The van der Waals surface area contributed by atoms with Crippen molar-refractivity contribution in [1.29, 1.82) is 5.26 Å². The molecular formula is C18H19N5O2S. The van der Waals surface area contributed by atoms with Crippen molar-refractivity contribution in [3.63, 3.8) is 0 Å². The lowest BCUT2D eigenvalue weighted by molar-refractivity contribution is -0.112. The Morgan fingerprint density at radius 2 is 2.19 bits per heavy atom. The van der Waals surface area contributed by atoms with E-state index in [9.17, 15) is 10.1 Å². The number of nitrogens with one attached hydrogen (secondary N) is 2. The molecule has 1 amide bonds. The van der Waals surface area contributed by atoms with Gasteiger partial charge in [0.05, 0.1) is 12.8 Å². The SMILES string of the molecule is COc1ccc(NC(=O)/C(C#N)=C\Nc2nc3c(s2)CN(C)CC3)cc1. The van der Waals surface area contributed by atoms with Gasteiger partial charge in [0.15, 0.2) is 5.13 Å². The smallest absolute Gasteiger partial charge is 0.267 e. The number of fused-ring (bicyclic) bond motifs is 1. The number of benzene rings is 1. The molecule has 3 rings (SSSR count). The van der Waals surface area contributed by atoms with E-state index < -0.39 is 5.91 Å². The molecule has 1 aliphatic heterocycles. The molecule has 8 heteroatoms. The third kappa shape index (κ3) is 4.20. The zero-order chi connectivity index (χ0) is 18.5. The highest BCUT2D eigenvalue weighted by molar-refractivity contribution is 7.15. The van der Waals surface area contributed by atoms with E-state index in [2.05, 4.69) is 27.6 Å². The number of ether oxygens (including phenoxy) is 1. The van der Waals surface area contributed by atoms with Gasteiger partial charge in [-0.2, -0.15) is 5.26 Å². The Hall–Kier alpha value is -2.89. The highest BCUT2D eigenvalue weighted by Gasteiger charge is 2.18. The van der Waals surface area contributed by atoms with Gasteiger partial charge in [-0.3, -0.25) is 4.79 Å². The first kappa shape index (κ1) is 17.9. The molecule has 2 aromatic rings. The Bertz CT molecular complexity index is 867. The molecule has 0 saturated heterocycles. The van der Waals surface area contributed by atoms with E-state index in [0.717, 1.165) is 25.2 Å². The summed E-state index contributed by atoms with van der Waals surface area (Å²) in [4.78, 5) is 20.3. The summed E-state index contributed by atoms with van der Waals surface area (Å²) in [5.74, 6) is 0.213. The zero-order valence-corrected chi connectivity index (χ0v) is 15.4. The number of hydrogen-bond acceptors (Lipinski definition) is 7. The fourth-order valence-corrected chi connectivity index (χ4v) is 3.60. The molecule has 0 saturated carbocycles. The Kier molecular flexibility index (Phi) is 5.51. The van der Waals surface area contributed by atoms with Crippen molar-refractivity contribution in [2.75, 3.05) is 31.3 Å². The number of anilines is 2. The van der Waals surface area contributed by atoms with E-state index >= 15 is 0 Å². The van der Waals surface area contributed by atoms with Crippen LogP contribution in [0.2, 0.25) is 0 Å². The van der Waals surface area contributed by atoms with Gasteiger partial charge in [0, 0.05) is 36.3 Å². The number of methoxy groups -OCH3 is 1. The molecule has 1 aromatic heterocycles. The van der Waals surface area contributed by atoms with E-state index in [4.69, 9.17) is 4.74 Å². The summed E-state index contributed by atoms with van der Waals surface area (Å²) in [6.07, 6.45) is 2.31. The van der Waals surface area contributed by atoms with Crippen LogP contribution in [0.4, 0.5) is 10.8 Å². The lowest BCUT2D eigenvalue weighted by atomic mass is 10.2. The second kappa shape index (κ2) is 7.99. The molecule has 1 aromatic carbocycles. The summed E-state index contributed by atoms with van der Waals surface area (Å²) in [6.45, 7) is 1.86. The monoisotopic (exact) mass is 369 g/mol.